The van der Waals surface area contributed by atoms with Gasteiger partial charge >= 0.3 is 0 Å². The Morgan fingerprint density at radius 1 is 1.13 bits per heavy atom. The summed E-state index contributed by atoms with van der Waals surface area (Å²) in [5.74, 6) is 0. The third-order valence-electron chi connectivity index (χ3n) is 4.17. The first kappa shape index (κ1) is 11.4. The number of rotatable bonds is 3. The molecule has 2 rings (SSSR count). The second-order valence-corrected chi connectivity index (χ2v) is 4.94. The largest absolute Gasteiger partial charge is 0.329 e. The zero-order chi connectivity index (χ0) is 10.7. The van der Waals surface area contributed by atoms with Crippen LogP contribution < -0.4 is 5.73 Å². The van der Waals surface area contributed by atoms with E-state index in [9.17, 15) is 0 Å². The number of hydrogen-bond donors (Lipinski definition) is 1. The Hall–Kier alpha value is -0.120. The minimum absolute atomic E-state index is 0.683. The van der Waals surface area contributed by atoms with E-state index in [1.807, 2.05) is 0 Å². The molecule has 1 atom stereocenters. The lowest BCUT2D eigenvalue weighted by atomic mass is 10.0. The Balaban J connectivity index is 1.84. The topological polar surface area (TPSA) is 32.5 Å². The van der Waals surface area contributed by atoms with Gasteiger partial charge in [-0.2, -0.15) is 0 Å². The summed E-state index contributed by atoms with van der Waals surface area (Å²) in [6.45, 7) is 8.20. The van der Waals surface area contributed by atoms with E-state index in [0.29, 0.717) is 6.04 Å². The molecular formula is C12H25N3. The molecule has 2 saturated heterocycles. The molecule has 0 saturated carbocycles. The summed E-state index contributed by atoms with van der Waals surface area (Å²) in [5, 5.41) is 0. The molecule has 0 amide bonds. The summed E-state index contributed by atoms with van der Waals surface area (Å²) >= 11 is 0. The van der Waals surface area contributed by atoms with E-state index in [-0.39, 0.29) is 0 Å². The maximum Gasteiger partial charge on any atom is 0.0221 e. The van der Waals surface area contributed by atoms with E-state index in [0.717, 1.165) is 12.6 Å². The van der Waals surface area contributed by atoms with Gasteiger partial charge in [-0.3, -0.25) is 4.90 Å². The van der Waals surface area contributed by atoms with Crippen molar-refractivity contribution in [2.75, 3.05) is 32.7 Å². The van der Waals surface area contributed by atoms with Crippen molar-refractivity contribution in [2.24, 2.45) is 5.73 Å². The van der Waals surface area contributed by atoms with Crippen LogP contribution in [0.2, 0.25) is 0 Å². The summed E-state index contributed by atoms with van der Waals surface area (Å²) in [4.78, 5) is 5.25. The Kier molecular flexibility index (Phi) is 4.00. The van der Waals surface area contributed by atoms with Crippen molar-refractivity contribution >= 4 is 0 Å². The summed E-state index contributed by atoms with van der Waals surface area (Å²) in [7, 11) is 0. The molecule has 0 radical (unpaired) electrons. The van der Waals surface area contributed by atoms with Crippen molar-refractivity contribution in [1.82, 2.24) is 9.80 Å². The van der Waals surface area contributed by atoms with Crippen LogP contribution in [0.1, 0.15) is 32.6 Å². The molecular weight excluding hydrogens is 186 g/mol. The molecule has 3 nitrogen and oxygen atoms in total. The van der Waals surface area contributed by atoms with E-state index in [2.05, 4.69) is 16.7 Å². The average molecular weight is 211 g/mol. The molecule has 2 heterocycles. The van der Waals surface area contributed by atoms with E-state index in [1.54, 1.807) is 0 Å². The van der Waals surface area contributed by atoms with Crippen LogP contribution in [-0.2, 0) is 0 Å². The highest BCUT2D eigenvalue weighted by molar-refractivity contribution is 4.88. The van der Waals surface area contributed by atoms with E-state index >= 15 is 0 Å². The zero-order valence-corrected chi connectivity index (χ0v) is 9.99. The molecule has 1 unspecified atom stereocenters. The first-order valence-corrected chi connectivity index (χ1v) is 6.53. The Labute approximate surface area is 93.6 Å². The fourth-order valence-electron chi connectivity index (χ4n) is 3.16. The second-order valence-electron chi connectivity index (χ2n) is 4.94. The van der Waals surface area contributed by atoms with E-state index in [4.69, 9.17) is 5.73 Å². The summed E-state index contributed by atoms with van der Waals surface area (Å²) in [6, 6.07) is 1.51. The SMILES string of the molecule is CCN1CCC(N2CCCC2CN)CC1. The zero-order valence-electron chi connectivity index (χ0n) is 9.99. The van der Waals surface area contributed by atoms with Gasteiger partial charge in [0.25, 0.3) is 0 Å². The van der Waals surface area contributed by atoms with Gasteiger partial charge in [0.05, 0.1) is 0 Å². The highest BCUT2D eigenvalue weighted by Gasteiger charge is 2.31. The predicted molar refractivity (Wildman–Crippen MR) is 63.9 cm³/mol. The molecule has 2 aliphatic rings. The maximum atomic E-state index is 5.83. The molecule has 0 aliphatic carbocycles. The highest BCUT2D eigenvalue weighted by Crippen LogP contribution is 2.25. The Bertz CT molecular complexity index is 187. The van der Waals surface area contributed by atoms with Gasteiger partial charge in [0.2, 0.25) is 0 Å². The molecule has 2 aliphatic heterocycles. The van der Waals surface area contributed by atoms with Gasteiger partial charge in [-0.05, 0) is 51.9 Å². The Morgan fingerprint density at radius 3 is 2.47 bits per heavy atom. The number of nitrogens with two attached hydrogens (primary N) is 1. The second kappa shape index (κ2) is 5.28. The number of hydrogen-bond acceptors (Lipinski definition) is 3. The van der Waals surface area contributed by atoms with Crippen LogP contribution in [0.15, 0.2) is 0 Å². The van der Waals surface area contributed by atoms with Crippen LogP contribution in [0.25, 0.3) is 0 Å². The van der Waals surface area contributed by atoms with Crippen molar-refractivity contribution in [1.29, 1.82) is 0 Å². The molecule has 3 heteroatoms. The van der Waals surface area contributed by atoms with Gasteiger partial charge in [-0.1, -0.05) is 6.92 Å². The van der Waals surface area contributed by atoms with Crippen LogP contribution in [0.4, 0.5) is 0 Å². The number of nitrogens with zero attached hydrogens (tertiary/aromatic N) is 2. The molecule has 88 valence electrons. The predicted octanol–water partition coefficient (Wildman–Crippen LogP) is 0.894. The molecule has 15 heavy (non-hydrogen) atoms. The van der Waals surface area contributed by atoms with E-state index < -0.39 is 0 Å². The highest BCUT2D eigenvalue weighted by atomic mass is 15.2. The lowest BCUT2D eigenvalue weighted by Crippen LogP contribution is -2.48. The number of likely N-dealkylation sites (tertiary alicyclic amines) is 2. The maximum absolute atomic E-state index is 5.83. The lowest BCUT2D eigenvalue weighted by Gasteiger charge is -2.38. The van der Waals surface area contributed by atoms with Crippen molar-refractivity contribution in [3.63, 3.8) is 0 Å². The fraction of sp³-hybridized carbons (Fsp3) is 1.00. The van der Waals surface area contributed by atoms with Gasteiger partial charge in [0.1, 0.15) is 0 Å². The van der Waals surface area contributed by atoms with Gasteiger partial charge in [0.15, 0.2) is 0 Å². The first-order chi connectivity index (χ1) is 7.35. The van der Waals surface area contributed by atoms with Gasteiger partial charge in [-0.15, -0.1) is 0 Å². The minimum Gasteiger partial charge on any atom is -0.329 e. The van der Waals surface area contributed by atoms with Gasteiger partial charge < -0.3 is 10.6 Å². The summed E-state index contributed by atoms with van der Waals surface area (Å²) < 4.78 is 0. The molecule has 0 aromatic rings. The smallest absolute Gasteiger partial charge is 0.0221 e. The molecule has 2 N–H and O–H groups in total. The van der Waals surface area contributed by atoms with Gasteiger partial charge in [-0.25, -0.2) is 0 Å². The molecule has 0 aromatic heterocycles. The van der Waals surface area contributed by atoms with Crippen molar-refractivity contribution in [3.05, 3.63) is 0 Å². The lowest BCUT2D eigenvalue weighted by molar-refractivity contribution is 0.104. The standard InChI is InChI=1S/C12H25N3/c1-2-14-8-5-11(6-9-14)15-7-3-4-12(15)10-13/h11-12H,2-10,13H2,1H3. The molecule has 0 bridgehead atoms. The third-order valence-corrected chi connectivity index (χ3v) is 4.17. The monoisotopic (exact) mass is 211 g/mol. The molecule has 0 spiro atoms. The van der Waals surface area contributed by atoms with E-state index in [1.165, 1.54) is 51.9 Å². The fourth-order valence-corrected chi connectivity index (χ4v) is 3.16. The normalized spacial score (nSPS) is 31.2. The van der Waals surface area contributed by atoms with Crippen LogP contribution in [-0.4, -0.2) is 54.6 Å². The summed E-state index contributed by atoms with van der Waals surface area (Å²) in [5.41, 5.74) is 5.83. The van der Waals surface area contributed by atoms with Gasteiger partial charge in [0, 0.05) is 18.6 Å². The third kappa shape index (κ3) is 2.52. The van der Waals surface area contributed by atoms with Crippen LogP contribution in [0.5, 0.6) is 0 Å². The van der Waals surface area contributed by atoms with Crippen molar-refractivity contribution in [3.8, 4) is 0 Å². The Morgan fingerprint density at radius 2 is 1.87 bits per heavy atom. The minimum atomic E-state index is 0.683. The molecule has 2 fully saturated rings. The van der Waals surface area contributed by atoms with Crippen molar-refractivity contribution in [2.45, 2.75) is 44.7 Å². The van der Waals surface area contributed by atoms with Crippen LogP contribution in [0.3, 0.4) is 0 Å². The first-order valence-electron chi connectivity index (χ1n) is 6.53. The van der Waals surface area contributed by atoms with Crippen LogP contribution >= 0.6 is 0 Å². The molecule has 0 aromatic carbocycles. The van der Waals surface area contributed by atoms with Crippen LogP contribution in [0, 0.1) is 0 Å². The average Bonchev–Trinajstić information content (AvgIpc) is 2.77. The summed E-state index contributed by atoms with van der Waals surface area (Å²) in [6.07, 6.45) is 5.38. The number of piperidine rings is 1. The van der Waals surface area contributed by atoms with Crippen molar-refractivity contribution < 1.29 is 0 Å². The quantitative estimate of drug-likeness (QED) is 0.752.